The molecular formula is C34H50N6OS. The molecule has 228 valence electrons. The Balaban J connectivity index is 0.000000910. The minimum Gasteiger partial charge on any atom is -0.360 e. The van der Waals surface area contributed by atoms with E-state index >= 15 is 0 Å². The number of pyridine rings is 1. The number of hydrogen-bond acceptors (Lipinski definition) is 6. The van der Waals surface area contributed by atoms with Crippen molar-refractivity contribution >= 4 is 37.9 Å². The summed E-state index contributed by atoms with van der Waals surface area (Å²) in [5, 5.41) is 1.05. The first-order valence-electron chi connectivity index (χ1n) is 15.0. The summed E-state index contributed by atoms with van der Waals surface area (Å²) in [4.78, 5) is 21.1. The Kier molecular flexibility index (Phi) is 12.1. The molecule has 7 nitrogen and oxygen atoms in total. The lowest BCUT2D eigenvalue weighted by molar-refractivity contribution is 0.0906. The highest BCUT2D eigenvalue weighted by Gasteiger charge is 2.19. The van der Waals surface area contributed by atoms with Gasteiger partial charge in [-0.25, -0.2) is 30.0 Å². The minimum absolute atomic E-state index is 0.470. The van der Waals surface area contributed by atoms with E-state index in [2.05, 4.69) is 85.3 Å². The second-order valence-corrected chi connectivity index (χ2v) is 15.9. The van der Waals surface area contributed by atoms with Gasteiger partial charge in [0.25, 0.3) is 0 Å². The molecule has 42 heavy (non-hydrogen) atoms. The lowest BCUT2D eigenvalue weighted by atomic mass is 10.0. The number of benzene rings is 1. The standard InChI is InChI=1S/C29H36N6OS.C3H8.C2H6/c1-7-22-10-11-34(17-20(22)2)28-25-14-23(8-9-26(25)31-18-32-28)24-15-27-29(30-16-24)35(21(3)33-27)19-36-12-13-37(4,5)6;1-3-2;1-2/h7-9,14-16,18H,1,10-13,17,19H2,2-6H3;3H2,1-2H3;1-2H3. The topological polar surface area (TPSA) is 69.0 Å². The maximum absolute atomic E-state index is 5.97. The van der Waals surface area contributed by atoms with Crippen molar-refractivity contribution < 1.29 is 4.74 Å². The van der Waals surface area contributed by atoms with Crippen LogP contribution in [0.3, 0.4) is 0 Å². The molecule has 0 aliphatic carbocycles. The van der Waals surface area contributed by atoms with Crippen LogP contribution in [-0.2, 0) is 11.5 Å². The SMILES string of the molecule is C=CC1=C(C)CN(c2ncnc3ccc(-c4cnc5c(c4)nc(C)n5COCCS(C)(C)C)cc23)CC1.CC.CCC. The molecule has 1 aromatic carbocycles. The summed E-state index contributed by atoms with van der Waals surface area (Å²) in [7, 11) is -0.570. The molecule has 0 unspecified atom stereocenters. The van der Waals surface area contributed by atoms with E-state index in [1.807, 2.05) is 37.6 Å². The van der Waals surface area contributed by atoms with Gasteiger partial charge in [-0.05, 0) is 68.4 Å². The molecule has 1 aliphatic rings. The summed E-state index contributed by atoms with van der Waals surface area (Å²) < 4.78 is 8.02. The van der Waals surface area contributed by atoms with Crippen LogP contribution < -0.4 is 4.90 Å². The van der Waals surface area contributed by atoms with Gasteiger partial charge in [0, 0.05) is 36.0 Å². The zero-order chi connectivity index (χ0) is 30.9. The van der Waals surface area contributed by atoms with Crippen molar-refractivity contribution in [1.29, 1.82) is 0 Å². The smallest absolute Gasteiger partial charge is 0.161 e. The Hall–Kier alpha value is -3.23. The van der Waals surface area contributed by atoms with Crippen LogP contribution in [0.4, 0.5) is 5.82 Å². The number of fused-ring (bicyclic) bond motifs is 2. The zero-order valence-corrected chi connectivity index (χ0v) is 28.0. The van der Waals surface area contributed by atoms with Crippen LogP contribution in [-0.4, -0.2) is 68.7 Å². The van der Waals surface area contributed by atoms with Crippen LogP contribution in [0.5, 0.6) is 0 Å². The number of aromatic nitrogens is 5. The Morgan fingerprint density at radius 3 is 2.40 bits per heavy atom. The summed E-state index contributed by atoms with van der Waals surface area (Å²) in [6.07, 6.45) is 14.7. The molecule has 0 radical (unpaired) electrons. The van der Waals surface area contributed by atoms with Gasteiger partial charge >= 0.3 is 0 Å². The van der Waals surface area contributed by atoms with Crippen molar-refractivity contribution in [3.05, 3.63) is 66.4 Å². The zero-order valence-electron chi connectivity index (χ0n) is 27.2. The van der Waals surface area contributed by atoms with Crippen LogP contribution in [0.2, 0.25) is 0 Å². The third kappa shape index (κ3) is 8.19. The van der Waals surface area contributed by atoms with E-state index in [4.69, 9.17) is 14.7 Å². The normalized spacial score (nSPS) is 13.9. The molecule has 0 fully saturated rings. The summed E-state index contributed by atoms with van der Waals surface area (Å²) in [6.45, 7) is 19.4. The highest BCUT2D eigenvalue weighted by Crippen LogP contribution is 2.34. The molecule has 0 bridgehead atoms. The van der Waals surface area contributed by atoms with Crippen molar-refractivity contribution in [2.75, 3.05) is 49.1 Å². The number of imidazole rings is 1. The van der Waals surface area contributed by atoms with Gasteiger partial charge in [-0.1, -0.05) is 58.4 Å². The number of aryl methyl sites for hydroxylation is 1. The van der Waals surface area contributed by atoms with Gasteiger partial charge in [-0.15, -0.1) is 0 Å². The van der Waals surface area contributed by atoms with E-state index < -0.39 is 10.0 Å². The molecule has 1 aliphatic heterocycles. The molecule has 0 N–H and O–H groups in total. The summed E-state index contributed by atoms with van der Waals surface area (Å²) >= 11 is 0. The second-order valence-electron chi connectivity index (χ2n) is 11.3. The number of anilines is 1. The highest BCUT2D eigenvalue weighted by atomic mass is 32.3. The second kappa shape index (κ2) is 15.3. The molecule has 0 amide bonds. The quantitative estimate of drug-likeness (QED) is 0.193. The van der Waals surface area contributed by atoms with Gasteiger partial charge in [-0.2, -0.15) is 0 Å². The van der Waals surface area contributed by atoms with Gasteiger partial charge < -0.3 is 9.64 Å². The molecule has 0 saturated carbocycles. The van der Waals surface area contributed by atoms with Crippen LogP contribution in [0.25, 0.3) is 33.2 Å². The molecule has 4 aromatic rings. The summed E-state index contributed by atoms with van der Waals surface area (Å²) in [5.74, 6) is 2.97. The average Bonchev–Trinajstić information content (AvgIpc) is 3.29. The van der Waals surface area contributed by atoms with E-state index in [1.165, 1.54) is 17.6 Å². The van der Waals surface area contributed by atoms with Crippen molar-refractivity contribution in [2.45, 2.75) is 61.1 Å². The first-order valence-corrected chi connectivity index (χ1v) is 18.1. The lowest BCUT2D eigenvalue weighted by Crippen LogP contribution is -2.31. The van der Waals surface area contributed by atoms with Gasteiger partial charge in [0.05, 0.1) is 12.1 Å². The van der Waals surface area contributed by atoms with E-state index in [0.29, 0.717) is 6.73 Å². The number of nitrogens with zero attached hydrogens (tertiary/aromatic N) is 6. The number of rotatable bonds is 8. The summed E-state index contributed by atoms with van der Waals surface area (Å²) in [6, 6.07) is 8.45. The van der Waals surface area contributed by atoms with Crippen molar-refractivity contribution in [3.8, 4) is 11.1 Å². The fourth-order valence-corrected chi connectivity index (χ4v) is 5.39. The van der Waals surface area contributed by atoms with Crippen LogP contribution in [0.1, 0.15) is 53.3 Å². The molecule has 4 heterocycles. The molecule has 3 aromatic heterocycles. The van der Waals surface area contributed by atoms with Crippen molar-refractivity contribution in [3.63, 3.8) is 0 Å². The maximum Gasteiger partial charge on any atom is 0.161 e. The average molecular weight is 591 g/mol. The van der Waals surface area contributed by atoms with E-state index in [0.717, 1.165) is 76.7 Å². The largest absolute Gasteiger partial charge is 0.360 e. The molecule has 0 saturated heterocycles. The molecule has 0 atom stereocenters. The van der Waals surface area contributed by atoms with Crippen LogP contribution in [0, 0.1) is 6.92 Å². The lowest BCUT2D eigenvalue weighted by Gasteiger charge is -2.30. The third-order valence-corrected chi connectivity index (χ3v) is 8.35. The van der Waals surface area contributed by atoms with Gasteiger partial charge in [0.2, 0.25) is 0 Å². The fourth-order valence-electron chi connectivity index (χ4n) is 4.77. The monoisotopic (exact) mass is 590 g/mol. The molecule has 5 rings (SSSR count). The number of hydrogen-bond donors (Lipinski definition) is 0. The number of ether oxygens (including phenoxy) is 1. The number of allylic oxidation sites excluding steroid dienone is 1. The third-order valence-electron chi connectivity index (χ3n) is 6.96. The summed E-state index contributed by atoms with van der Waals surface area (Å²) in [5.41, 5.74) is 7.44. The minimum atomic E-state index is -0.570. The van der Waals surface area contributed by atoms with Gasteiger partial charge in [-0.3, -0.25) is 4.57 Å². The Morgan fingerprint density at radius 2 is 1.74 bits per heavy atom. The van der Waals surface area contributed by atoms with E-state index in [-0.39, 0.29) is 0 Å². The van der Waals surface area contributed by atoms with Crippen LogP contribution in [0.15, 0.2) is 60.6 Å². The van der Waals surface area contributed by atoms with Gasteiger partial charge in [0.1, 0.15) is 30.2 Å². The van der Waals surface area contributed by atoms with Crippen molar-refractivity contribution in [2.24, 2.45) is 0 Å². The van der Waals surface area contributed by atoms with E-state index in [9.17, 15) is 0 Å². The maximum atomic E-state index is 5.97. The van der Waals surface area contributed by atoms with Crippen molar-refractivity contribution in [1.82, 2.24) is 24.5 Å². The van der Waals surface area contributed by atoms with Crippen LogP contribution >= 0.6 is 10.0 Å². The highest BCUT2D eigenvalue weighted by molar-refractivity contribution is 8.32. The first kappa shape index (κ1) is 33.3. The Morgan fingerprint density at radius 1 is 1.00 bits per heavy atom. The molecule has 0 spiro atoms. The molecule has 8 heteroatoms. The molecular weight excluding hydrogens is 540 g/mol. The fraction of sp³-hybridized carbons (Fsp3) is 0.471. The van der Waals surface area contributed by atoms with E-state index in [1.54, 1.807) is 6.33 Å². The predicted molar refractivity (Wildman–Crippen MR) is 184 cm³/mol. The Labute approximate surface area is 254 Å². The Bertz CT molecular complexity index is 1520. The predicted octanol–water partition coefficient (Wildman–Crippen LogP) is 8.17. The van der Waals surface area contributed by atoms with Gasteiger partial charge in [0.15, 0.2) is 5.65 Å². The first-order chi connectivity index (χ1) is 20.1.